The van der Waals surface area contributed by atoms with E-state index >= 15 is 0 Å². The SMILES string of the molecule is C[C@H]1OC(=O)[C@@H]2C[C@@H]3CCCC[C@H]3[C@H](C=O)[C@]12C. The van der Waals surface area contributed by atoms with E-state index in [4.69, 9.17) is 4.74 Å². The van der Waals surface area contributed by atoms with Crippen molar-refractivity contribution in [2.75, 3.05) is 0 Å². The van der Waals surface area contributed by atoms with Crippen molar-refractivity contribution in [1.82, 2.24) is 0 Å². The van der Waals surface area contributed by atoms with Crippen LogP contribution < -0.4 is 0 Å². The van der Waals surface area contributed by atoms with Gasteiger partial charge in [-0.2, -0.15) is 0 Å². The van der Waals surface area contributed by atoms with Crippen LogP contribution >= 0.6 is 0 Å². The van der Waals surface area contributed by atoms with E-state index in [1.807, 2.05) is 6.92 Å². The predicted octanol–water partition coefficient (Wildman–Crippen LogP) is 2.58. The molecule has 3 aliphatic rings. The van der Waals surface area contributed by atoms with Crippen LogP contribution in [0.1, 0.15) is 46.0 Å². The van der Waals surface area contributed by atoms with Gasteiger partial charge in [-0.05, 0) is 31.6 Å². The number of carbonyl (C=O) groups is 2. The number of carbonyl (C=O) groups excluding carboxylic acids is 2. The Morgan fingerprint density at radius 1 is 1.33 bits per heavy atom. The lowest BCUT2D eigenvalue weighted by molar-refractivity contribution is -0.144. The van der Waals surface area contributed by atoms with Gasteiger partial charge < -0.3 is 9.53 Å². The Hall–Kier alpha value is -0.860. The lowest BCUT2D eigenvalue weighted by Crippen LogP contribution is -2.51. The molecule has 1 heterocycles. The van der Waals surface area contributed by atoms with E-state index < -0.39 is 0 Å². The molecule has 3 heteroatoms. The van der Waals surface area contributed by atoms with Crippen molar-refractivity contribution >= 4 is 12.3 Å². The molecule has 2 saturated carbocycles. The second-order valence-corrected chi connectivity index (χ2v) is 6.60. The lowest BCUT2D eigenvalue weighted by Gasteiger charge is -2.50. The lowest BCUT2D eigenvalue weighted by atomic mass is 9.51. The molecule has 0 aromatic carbocycles. The molecule has 3 fully saturated rings. The Bertz CT molecular complexity index is 378. The molecule has 0 amide bonds. The first kappa shape index (κ1) is 12.2. The fraction of sp³-hybridized carbons (Fsp3) is 0.867. The van der Waals surface area contributed by atoms with Crippen molar-refractivity contribution in [2.24, 2.45) is 29.1 Å². The molecule has 0 unspecified atom stereocenters. The van der Waals surface area contributed by atoms with E-state index in [0.717, 1.165) is 19.1 Å². The van der Waals surface area contributed by atoms with Crippen LogP contribution in [0, 0.1) is 29.1 Å². The Labute approximate surface area is 108 Å². The fourth-order valence-corrected chi connectivity index (χ4v) is 4.79. The average Bonchev–Trinajstić information content (AvgIpc) is 2.58. The van der Waals surface area contributed by atoms with E-state index in [1.54, 1.807) is 0 Å². The summed E-state index contributed by atoms with van der Waals surface area (Å²) in [5, 5.41) is 0. The Kier molecular flexibility index (Phi) is 2.76. The highest BCUT2D eigenvalue weighted by Gasteiger charge is 2.62. The summed E-state index contributed by atoms with van der Waals surface area (Å²) in [4.78, 5) is 23.7. The highest BCUT2D eigenvalue weighted by Crippen LogP contribution is 2.59. The molecule has 0 aromatic rings. The summed E-state index contributed by atoms with van der Waals surface area (Å²) in [6, 6.07) is 0. The van der Waals surface area contributed by atoms with Crippen LogP contribution in [0.3, 0.4) is 0 Å². The quantitative estimate of drug-likeness (QED) is 0.530. The molecule has 1 saturated heterocycles. The van der Waals surface area contributed by atoms with Gasteiger partial charge in [-0.1, -0.05) is 26.2 Å². The molecule has 18 heavy (non-hydrogen) atoms. The fourth-order valence-electron chi connectivity index (χ4n) is 4.79. The van der Waals surface area contributed by atoms with Crippen molar-refractivity contribution in [3.8, 4) is 0 Å². The van der Waals surface area contributed by atoms with Gasteiger partial charge in [-0.3, -0.25) is 4.79 Å². The molecule has 6 atom stereocenters. The monoisotopic (exact) mass is 250 g/mol. The number of hydrogen-bond acceptors (Lipinski definition) is 3. The first-order valence-electron chi connectivity index (χ1n) is 7.24. The second-order valence-electron chi connectivity index (χ2n) is 6.60. The minimum Gasteiger partial charge on any atom is -0.462 e. The van der Waals surface area contributed by atoms with Crippen LogP contribution in [0.5, 0.6) is 0 Å². The van der Waals surface area contributed by atoms with E-state index in [-0.39, 0.29) is 29.3 Å². The zero-order valence-corrected chi connectivity index (χ0v) is 11.2. The van der Waals surface area contributed by atoms with Crippen molar-refractivity contribution < 1.29 is 14.3 Å². The molecular weight excluding hydrogens is 228 g/mol. The summed E-state index contributed by atoms with van der Waals surface area (Å²) in [7, 11) is 0. The number of hydrogen-bond donors (Lipinski definition) is 0. The topological polar surface area (TPSA) is 43.4 Å². The predicted molar refractivity (Wildman–Crippen MR) is 66.8 cm³/mol. The summed E-state index contributed by atoms with van der Waals surface area (Å²) in [5.41, 5.74) is -0.267. The molecular formula is C15H22O3. The smallest absolute Gasteiger partial charge is 0.309 e. The van der Waals surface area contributed by atoms with Gasteiger partial charge in [0.2, 0.25) is 0 Å². The number of aldehydes is 1. The van der Waals surface area contributed by atoms with E-state index in [9.17, 15) is 9.59 Å². The highest BCUT2D eigenvalue weighted by molar-refractivity contribution is 5.78. The van der Waals surface area contributed by atoms with Crippen molar-refractivity contribution in [3.63, 3.8) is 0 Å². The van der Waals surface area contributed by atoms with Gasteiger partial charge in [0.15, 0.2) is 0 Å². The molecule has 100 valence electrons. The van der Waals surface area contributed by atoms with Crippen molar-refractivity contribution in [2.45, 2.75) is 52.1 Å². The van der Waals surface area contributed by atoms with Gasteiger partial charge in [0.1, 0.15) is 12.4 Å². The summed E-state index contributed by atoms with van der Waals surface area (Å²) >= 11 is 0. The normalized spacial score (nSPS) is 51.2. The standard InChI is InChI=1S/C15H22O3/c1-9-15(2)12(14(17)18-9)7-10-5-3-4-6-11(10)13(15)8-16/h8-13H,3-7H2,1-2H3/t9-,10+,11-,12+,13+,15-/m1/s1. The van der Waals surface area contributed by atoms with Crippen LogP contribution in [-0.4, -0.2) is 18.4 Å². The molecule has 0 bridgehead atoms. The second kappa shape index (κ2) is 4.07. The molecule has 0 radical (unpaired) electrons. The summed E-state index contributed by atoms with van der Waals surface area (Å²) < 4.78 is 5.45. The third-order valence-corrected chi connectivity index (χ3v) is 6.04. The first-order valence-corrected chi connectivity index (χ1v) is 7.24. The maximum atomic E-state index is 12.0. The minimum atomic E-state index is -0.267. The number of rotatable bonds is 1. The molecule has 1 aliphatic heterocycles. The Balaban J connectivity index is 1.99. The third kappa shape index (κ3) is 1.42. The van der Waals surface area contributed by atoms with Gasteiger partial charge in [-0.25, -0.2) is 0 Å². The molecule has 2 aliphatic carbocycles. The third-order valence-electron chi connectivity index (χ3n) is 6.04. The van der Waals surface area contributed by atoms with Crippen LogP contribution in [0.15, 0.2) is 0 Å². The molecule has 0 N–H and O–H groups in total. The maximum Gasteiger partial charge on any atom is 0.309 e. The summed E-state index contributed by atoms with van der Waals surface area (Å²) in [5.74, 6) is 0.922. The van der Waals surface area contributed by atoms with Gasteiger partial charge in [0.05, 0.1) is 5.92 Å². The number of fused-ring (bicyclic) bond motifs is 2. The first-order chi connectivity index (χ1) is 8.59. The zero-order chi connectivity index (χ0) is 12.9. The van der Waals surface area contributed by atoms with Gasteiger partial charge in [-0.15, -0.1) is 0 Å². The molecule has 3 nitrogen and oxygen atoms in total. The summed E-state index contributed by atoms with van der Waals surface area (Å²) in [6.45, 7) is 4.05. The highest BCUT2D eigenvalue weighted by atomic mass is 16.6. The number of cyclic esters (lactones) is 1. The van der Waals surface area contributed by atoms with E-state index in [1.165, 1.54) is 19.3 Å². The zero-order valence-electron chi connectivity index (χ0n) is 11.2. The minimum absolute atomic E-state index is 0.00278. The van der Waals surface area contributed by atoms with Crippen LogP contribution in [0.25, 0.3) is 0 Å². The van der Waals surface area contributed by atoms with E-state index in [2.05, 4.69) is 6.92 Å². The number of esters is 1. The van der Waals surface area contributed by atoms with E-state index in [0.29, 0.717) is 11.8 Å². The Morgan fingerprint density at radius 2 is 2.06 bits per heavy atom. The average molecular weight is 250 g/mol. The largest absolute Gasteiger partial charge is 0.462 e. The molecule has 0 aromatic heterocycles. The van der Waals surface area contributed by atoms with Gasteiger partial charge in [0, 0.05) is 11.3 Å². The number of ether oxygens (including phenoxy) is 1. The van der Waals surface area contributed by atoms with Gasteiger partial charge in [0.25, 0.3) is 0 Å². The summed E-state index contributed by atoms with van der Waals surface area (Å²) in [6.07, 6.45) is 6.76. The van der Waals surface area contributed by atoms with Crippen molar-refractivity contribution in [3.05, 3.63) is 0 Å². The van der Waals surface area contributed by atoms with Gasteiger partial charge >= 0.3 is 5.97 Å². The maximum absolute atomic E-state index is 12.0. The molecule has 3 rings (SSSR count). The van der Waals surface area contributed by atoms with Crippen LogP contribution in [0.2, 0.25) is 0 Å². The van der Waals surface area contributed by atoms with Crippen LogP contribution in [-0.2, 0) is 14.3 Å². The van der Waals surface area contributed by atoms with Crippen molar-refractivity contribution in [1.29, 1.82) is 0 Å². The Morgan fingerprint density at radius 3 is 2.78 bits per heavy atom. The molecule has 0 spiro atoms. The van der Waals surface area contributed by atoms with Crippen LogP contribution in [0.4, 0.5) is 0 Å².